The Kier molecular flexibility index (Phi) is 7.70. The fourth-order valence-corrected chi connectivity index (χ4v) is 1.95. The van der Waals surface area contributed by atoms with Gasteiger partial charge < -0.3 is 0 Å². The lowest BCUT2D eigenvalue weighted by Gasteiger charge is -1.90. The second kappa shape index (κ2) is 9.34. The summed E-state index contributed by atoms with van der Waals surface area (Å²) >= 11 is 0. The number of unbranched alkanes of at least 4 members (excludes halogenated alkanes) is 2. The van der Waals surface area contributed by atoms with Crippen molar-refractivity contribution in [3.63, 3.8) is 0 Å². The zero-order chi connectivity index (χ0) is 14.8. The van der Waals surface area contributed by atoms with Crippen molar-refractivity contribution in [2.45, 2.75) is 52.6 Å². The highest BCUT2D eigenvalue weighted by Crippen LogP contribution is 1.86. The van der Waals surface area contributed by atoms with Crippen molar-refractivity contribution >= 4 is 0 Å². The molecule has 0 bridgehead atoms. The van der Waals surface area contributed by atoms with E-state index in [1.807, 2.05) is 14.1 Å². The highest BCUT2D eigenvalue weighted by atomic mass is 15.1. The van der Waals surface area contributed by atoms with Gasteiger partial charge in [-0.3, -0.25) is 0 Å². The van der Waals surface area contributed by atoms with Gasteiger partial charge in [0.25, 0.3) is 0 Å². The minimum atomic E-state index is 1.15. The molecule has 0 amide bonds. The van der Waals surface area contributed by atoms with E-state index in [0.717, 1.165) is 13.1 Å². The van der Waals surface area contributed by atoms with Crippen molar-refractivity contribution in [2.75, 3.05) is 0 Å². The monoisotopic (exact) mass is 278 g/mol. The molecule has 0 saturated heterocycles. The lowest BCUT2D eigenvalue weighted by molar-refractivity contribution is -0.696. The van der Waals surface area contributed by atoms with Gasteiger partial charge in [0, 0.05) is 0 Å². The molecule has 20 heavy (non-hydrogen) atoms. The predicted molar refractivity (Wildman–Crippen MR) is 81.0 cm³/mol. The number of hydrogen-bond acceptors (Lipinski definition) is 0. The lowest BCUT2D eigenvalue weighted by atomic mass is 10.3. The standard InChI is InChI=1S/2C8H15N2/c2*1-3-4-5-10-7-6-9(2)8-10/h2*6-8H,3-5H2,1-2H3/q2*+1. The van der Waals surface area contributed by atoms with Crippen LogP contribution in [0.4, 0.5) is 0 Å². The Labute approximate surface area is 123 Å². The maximum absolute atomic E-state index is 2.21. The van der Waals surface area contributed by atoms with Crippen LogP contribution < -0.4 is 9.13 Å². The summed E-state index contributed by atoms with van der Waals surface area (Å²) in [6.07, 6.45) is 17.6. The van der Waals surface area contributed by atoms with Gasteiger partial charge in [-0.15, -0.1) is 0 Å². The molecule has 4 heteroatoms. The van der Waals surface area contributed by atoms with Gasteiger partial charge in [-0.25, -0.2) is 18.3 Å². The first-order chi connectivity index (χ1) is 9.65. The molecule has 112 valence electrons. The van der Waals surface area contributed by atoms with E-state index >= 15 is 0 Å². The summed E-state index contributed by atoms with van der Waals surface area (Å²) in [6.45, 7) is 6.72. The second-order valence-corrected chi connectivity index (χ2v) is 5.34. The fraction of sp³-hybridized carbons (Fsp3) is 0.625. The number of nitrogens with zero attached hydrogens (tertiary/aromatic N) is 4. The Bertz CT molecular complexity index is 426. The second-order valence-electron chi connectivity index (χ2n) is 5.34. The van der Waals surface area contributed by atoms with Gasteiger partial charge in [0.1, 0.15) is 24.8 Å². The maximum Gasteiger partial charge on any atom is 0.243 e. The molecule has 0 saturated carbocycles. The van der Waals surface area contributed by atoms with E-state index in [0.29, 0.717) is 0 Å². The molecular formula is C16H30N4+2. The van der Waals surface area contributed by atoms with Crippen LogP contribution in [0.1, 0.15) is 39.5 Å². The van der Waals surface area contributed by atoms with Crippen LogP contribution in [0.3, 0.4) is 0 Å². The van der Waals surface area contributed by atoms with Gasteiger partial charge in [0.05, 0.1) is 27.2 Å². The lowest BCUT2D eigenvalue weighted by Crippen LogP contribution is -2.30. The molecule has 0 radical (unpaired) electrons. The first-order valence-corrected chi connectivity index (χ1v) is 7.67. The average Bonchev–Trinajstić information content (AvgIpc) is 3.03. The molecule has 0 N–H and O–H groups in total. The molecular weight excluding hydrogens is 248 g/mol. The molecule has 0 fully saturated rings. The molecule has 2 aromatic heterocycles. The average molecular weight is 278 g/mol. The number of aryl methyl sites for hydroxylation is 4. The van der Waals surface area contributed by atoms with E-state index in [4.69, 9.17) is 0 Å². The van der Waals surface area contributed by atoms with Crippen molar-refractivity contribution < 1.29 is 9.13 Å². The van der Waals surface area contributed by atoms with Gasteiger partial charge in [-0.05, 0) is 12.8 Å². The Hall–Kier alpha value is -1.58. The molecule has 2 rings (SSSR count). The van der Waals surface area contributed by atoms with Gasteiger partial charge >= 0.3 is 0 Å². The minimum Gasteiger partial charge on any atom is -0.240 e. The molecule has 2 aromatic rings. The Balaban J connectivity index is 0.000000200. The summed E-state index contributed by atoms with van der Waals surface area (Å²) < 4.78 is 8.55. The van der Waals surface area contributed by atoms with Crippen LogP contribution >= 0.6 is 0 Å². The topological polar surface area (TPSA) is 17.6 Å². The molecule has 0 spiro atoms. The van der Waals surface area contributed by atoms with E-state index in [9.17, 15) is 0 Å². The van der Waals surface area contributed by atoms with Crippen LogP contribution in [-0.4, -0.2) is 9.13 Å². The highest BCUT2D eigenvalue weighted by Gasteiger charge is 1.97. The molecule has 0 aliphatic carbocycles. The minimum absolute atomic E-state index is 1.15. The number of imidazole rings is 2. The van der Waals surface area contributed by atoms with Gasteiger partial charge in [-0.2, -0.15) is 0 Å². The molecule has 0 unspecified atom stereocenters. The molecule has 0 aromatic carbocycles. The van der Waals surface area contributed by atoms with Crippen LogP contribution in [0.5, 0.6) is 0 Å². The van der Waals surface area contributed by atoms with E-state index in [1.54, 1.807) is 0 Å². The first kappa shape index (κ1) is 16.5. The normalized spacial score (nSPS) is 10.2. The number of rotatable bonds is 6. The smallest absolute Gasteiger partial charge is 0.240 e. The summed E-state index contributed by atoms with van der Waals surface area (Å²) in [6, 6.07) is 0. The third-order valence-corrected chi connectivity index (χ3v) is 3.19. The molecule has 0 aliphatic rings. The zero-order valence-electron chi connectivity index (χ0n) is 13.5. The van der Waals surface area contributed by atoms with E-state index in [1.165, 1.54) is 25.7 Å². The molecule has 2 heterocycles. The Morgan fingerprint density at radius 2 is 1.15 bits per heavy atom. The molecule has 0 atom stereocenters. The van der Waals surface area contributed by atoms with E-state index < -0.39 is 0 Å². The van der Waals surface area contributed by atoms with Crippen molar-refractivity contribution in [1.82, 2.24) is 9.13 Å². The maximum atomic E-state index is 2.21. The summed E-state index contributed by atoms with van der Waals surface area (Å²) in [7, 11) is 4.09. The third kappa shape index (κ3) is 6.55. The van der Waals surface area contributed by atoms with Gasteiger partial charge in [0.15, 0.2) is 0 Å². The van der Waals surface area contributed by atoms with Crippen LogP contribution in [-0.2, 0) is 27.2 Å². The van der Waals surface area contributed by atoms with Crippen molar-refractivity contribution in [3.05, 3.63) is 37.4 Å². The van der Waals surface area contributed by atoms with Crippen LogP contribution in [0.15, 0.2) is 37.4 Å². The zero-order valence-corrected chi connectivity index (χ0v) is 13.5. The van der Waals surface area contributed by atoms with E-state index in [2.05, 4.69) is 69.6 Å². The number of aromatic nitrogens is 4. The predicted octanol–water partition coefficient (Wildman–Crippen LogP) is 2.23. The van der Waals surface area contributed by atoms with Crippen LogP contribution in [0.25, 0.3) is 0 Å². The molecule has 0 aliphatic heterocycles. The summed E-state index contributed by atoms with van der Waals surface area (Å²) in [5.41, 5.74) is 0. The van der Waals surface area contributed by atoms with Crippen molar-refractivity contribution in [3.8, 4) is 0 Å². The summed E-state index contributed by atoms with van der Waals surface area (Å²) in [5.74, 6) is 0. The largest absolute Gasteiger partial charge is 0.243 e. The molecule has 4 nitrogen and oxygen atoms in total. The van der Waals surface area contributed by atoms with Crippen molar-refractivity contribution in [1.29, 1.82) is 0 Å². The summed E-state index contributed by atoms with van der Waals surface area (Å²) in [5, 5.41) is 0. The van der Waals surface area contributed by atoms with Crippen LogP contribution in [0, 0.1) is 0 Å². The van der Waals surface area contributed by atoms with Crippen LogP contribution in [0.2, 0.25) is 0 Å². The van der Waals surface area contributed by atoms with Gasteiger partial charge in [-0.1, -0.05) is 26.7 Å². The fourth-order valence-electron chi connectivity index (χ4n) is 1.95. The summed E-state index contributed by atoms with van der Waals surface area (Å²) in [4.78, 5) is 0. The van der Waals surface area contributed by atoms with Crippen molar-refractivity contribution in [2.24, 2.45) is 14.1 Å². The number of hydrogen-bond donors (Lipinski definition) is 0. The van der Waals surface area contributed by atoms with E-state index in [-0.39, 0.29) is 0 Å². The first-order valence-electron chi connectivity index (χ1n) is 7.67. The Morgan fingerprint density at radius 1 is 0.750 bits per heavy atom. The highest BCUT2D eigenvalue weighted by molar-refractivity contribution is 4.62. The SMILES string of the molecule is CCCC[n+]1ccn(C)c1.CCCC[n+]1ccn(C)c1. The van der Waals surface area contributed by atoms with Gasteiger partial charge in [0.2, 0.25) is 12.7 Å². The quantitative estimate of drug-likeness (QED) is 0.721. The third-order valence-electron chi connectivity index (χ3n) is 3.19. The Morgan fingerprint density at radius 3 is 1.40 bits per heavy atom.